The number of nitrogens with one attached hydrogen (secondary N) is 1. The first-order chi connectivity index (χ1) is 9.33. The smallest absolute Gasteiger partial charge is 0.122 e. The van der Waals surface area contributed by atoms with E-state index in [0.717, 1.165) is 38.2 Å². The predicted molar refractivity (Wildman–Crippen MR) is 73.8 cm³/mol. The van der Waals surface area contributed by atoms with Crippen molar-refractivity contribution in [1.29, 1.82) is 0 Å². The maximum absolute atomic E-state index is 5.81. The van der Waals surface area contributed by atoms with Crippen molar-refractivity contribution in [3.8, 4) is 5.75 Å². The zero-order chi connectivity index (χ0) is 13.2. The minimum Gasteiger partial charge on any atom is -0.493 e. The van der Waals surface area contributed by atoms with Crippen LogP contribution in [0.3, 0.4) is 0 Å². The molecular formula is C15H22N2O2. The van der Waals surface area contributed by atoms with E-state index in [-0.39, 0.29) is 6.04 Å². The number of rotatable bonds is 4. The Hall–Kier alpha value is -1.10. The van der Waals surface area contributed by atoms with Gasteiger partial charge in [0.1, 0.15) is 5.75 Å². The highest BCUT2D eigenvalue weighted by molar-refractivity contribution is 5.41. The van der Waals surface area contributed by atoms with E-state index in [1.165, 1.54) is 11.1 Å². The average molecular weight is 262 g/mol. The average Bonchev–Trinajstić information content (AvgIpc) is 3.07. The van der Waals surface area contributed by atoms with Crippen LogP contribution in [0.4, 0.5) is 0 Å². The monoisotopic (exact) mass is 262 g/mol. The Labute approximate surface area is 114 Å². The second-order valence-electron chi connectivity index (χ2n) is 5.38. The fourth-order valence-electron chi connectivity index (χ4n) is 3.33. The topological polar surface area (TPSA) is 56.5 Å². The molecule has 2 aliphatic heterocycles. The second-order valence-corrected chi connectivity index (χ2v) is 5.38. The summed E-state index contributed by atoms with van der Waals surface area (Å²) in [5, 5.41) is 0. The number of hydrogen-bond donors (Lipinski definition) is 2. The van der Waals surface area contributed by atoms with Gasteiger partial charge >= 0.3 is 0 Å². The lowest BCUT2D eigenvalue weighted by molar-refractivity contribution is 0.0774. The zero-order valence-corrected chi connectivity index (χ0v) is 11.4. The van der Waals surface area contributed by atoms with Crippen LogP contribution in [0, 0.1) is 5.92 Å². The summed E-state index contributed by atoms with van der Waals surface area (Å²) < 4.78 is 11.3. The summed E-state index contributed by atoms with van der Waals surface area (Å²) in [6.07, 6.45) is 3.42. The number of nitrogens with two attached hydrogens (primary N) is 1. The van der Waals surface area contributed by atoms with Crippen molar-refractivity contribution < 1.29 is 9.47 Å². The van der Waals surface area contributed by atoms with Crippen LogP contribution in [-0.2, 0) is 11.2 Å². The first kappa shape index (κ1) is 12.9. The molecule has 3 rings (SSSR count). The minimum atomic E-state index is 0.165. The Morgan fingerprint density at radius 3 is 3.11 bits per heavy atom. The van der Waals surface area contributed by atoms with Crippen molar-refractivity contribution in [2.24, 2.45) is 11.8 Å². The van der Waals surface area contributed by atoms with Crippen molar-refractivity contribution in [1.82, 2.24) is 5.43 Å². The number of hydrogen-bond acceptors (Lipinski definition) is 4. The normalized spacial score (nSPS) is 27.1. The lowest BCUT2D eigenvalue weighted by Crippen LogP contribution is -2.36. The van der Waals surface area contributed by atoms with Gasteiger partial charge in [0.2, 0.25) is 0 Å². The number of hydrazine groups is 1. The highest BCUT2D eigenvalue weighted by Gasteiger charge is 2.34. The van der Waals surface area contributed by atoms with Gasteiger partial charge in [-0.05, 0) is 30.0 Å². The Balaban J connectivity index is 1.85. The molecule has 0 aromatic heterocycles. The van der Waals surface area contributed by atoms with E-state index >= 15 is 0 Å². The van der Waals surface area contributed by atoms with E-state index in [1.807, 2.05) is 0 Å². The van der Waals surface area contributed by atoms with Gasteiger partial charge in [-0.3, -0.25) is 11.3 Å². The van der Waals surface area contributed by atoms with Crippen LogP contribution in [0.2, 0.25) is 0 Å². The van der Waals surface area contributed by atoms with Gasteiger partial charge < -0.3 is 9.47 Å². The molecule has 0 bridgehead atoms. The number of ether oxygens (including phenoxy) is 2. The molecule has 104 valence electrons. The molecule has 2 heterocycles. The molecule has 3 atom stereocenters. The maximum atomic E-state index is 5.81. The molecule has 0 amide bonds. The van der Waals surface area contributed by atoms with Crippen LogP contribution in [0.1, 0.15) is 36.9 Å². The van der Waals surface area contributed by atoms with Gasteiger partial charge in [-0.1, -0.05) is 19.1 Å². The van der Waals surface area contributed by atoms with Crippen LogP contribution in [0.25, 0.3) is 0 Å². The summed E-state index contributed by atoms with van der Waals surface area (Å²) in [5.74, 6) is 7.29. The van der Waals surface area contributed by atoms with Gasteiger partial charge in [0, 0.05) is 18.9 Å². The van der Waals surface area contributed by atoms with Crippen LogP contribution in [0.15, 0.2) is 18.2 Å². The molecule has 1 aromatic rings. The molecule has 2 aliphatic rings. The lowest BCUT2D eigenvalue weighted by Gasteiger charge is -2.27. The molecule has 3 unspecified atom stereocenters. The second kappa shape index (κ2) is 5.49. The number of benzene rings is 1. The van der Waals surface area contributed by atoms with Gasteiger partial charge in [0.05, 0.1) is 18.8 Å². The highest BCUT2D eigenvalue weighted by Crippen LogP contribution is 2.36. The van der Waals surface area contributed by atoms with Crippen molar-refractivity contribution in [3.05, 3.63) is 29.3 Å². The highest BCUT2D eigenvalue weighted by atomic mass is 16.5. The SMILES string of the molecule is CCC1OCCC1C(NN)c1ccc2c(c1)CCO2. The molecule has 0 aliphatic carbocycles. The maximum Gasteiger partial charge on any atom is 0.122 e. The van der Waals surface area contributed by atoms with Crippen molar-refractivity contribution in [2.75, 3.05) is 13.2 Å². The summed E-state index contributed by atoms with van der Waals surface area (Å²) in [5.41, 5.74) is 5.54. The standard InChI is InChI=1S/C15H22N2O2/c1-2-13-12(6-8-18-13)15(17-16)11-3-4-14-10(9-11)5-7-19-14/h3-4,9,12-13,15,17H,2,5-8,16H2,1H3. The Kier molecular flexibility index (Phi) is 3.73. The van der Waals surface area contributed by atoms with E-state index in [2.05, 4.69) is 30.5 Å². The van der Waals surface area contributed by atoms with Gasteiger partial charge in [0.25, 0.3) is 0 Å². The van der Waals surface area contributed by atoms with Crippen molar-refractivity contribution in [2.45, 2.75) is 38.3 Å². The van der Waals surface area contributed by atoms with E-state index in [4.69, 9.17) is 15.3 Å². The Bertz CT molecular complexity index is 450. The predicted octanol–water partition coefficient (Wildman–Crippen LogP) is 1.94. The first-order valence-corrected chi connectivity index (χ1v) is 7.17. The summed E-state index contributed by atoms with van der Waals surface area (Å²) >= 11 is 0. The number of fused-ring (bicyclic) bond motifs is 1. The molecular weight excluding hydrogens is 240 g/mol. The summed E-state index contributed by atoms with van der Waals surface area (Å²) in [4.78, 5) is 0. The molecule has 1 aromatic carbocycles. The van der Waals surface area contributed by atoms with Gasteiger partial charge in [-0.15, -0.1) is 0 Å². The van der Waals surface area contributed by atoms with E-state index in [0.29, 0.717) is 12.0 Å². The molecule has 4 heteroatoms. The molecule has 1 saturated heterocycles. The van der Waals surface area contributed by atoms with E-state index in [1.54, 1.807) is 0 Å². The van der Waals surface area contributed by atoms with Crippen LogP contribution < -0.4 is 16.0 Å². The fraction of sp³-hybridized carbons (Fsp3) is 0.600. The van der Waals surface area contributed by atoms with E-state index in [9.17, 15) is 0 Å². The fourth-order valence-corrected chi connectivity index (χ4v) is 3.33. The third-order valence-corrected chi connectivity index (χ3v) is 4.34. The zero-order valence-electron chi connectivity index (χ0n) is 11.4. The molecule has 1 fully saturated rings. The minimum absolute atomic E-state index is 0.165. The van der Waals surface area contributed by atoms with E-state index < -0.39 is 0 Å². The quantitative estimate of drug-likeness (QED) is 0.643. The molecule has 0 radical (unpaired) electrons. The summed E-state index contributed by atoms with van der Waals surface area (Å²) in [7, 11) is 0. The lowest BCUT2D eigenvalue weighted by atomic mass is 9.86. The van der Waals surface area contributed by atoms with Crippen LogP contribution in [-0.4, -0.2) is 19.3 Å². The van der Waals surface area contributed by atoms with Crippen molar-refractivity contribution in [3.63, 3.8) is 0 Å². The molecule has 0 saturated carbocycles. The molecule has 4 nitrogen and oxygen atoms in total. The van der Waals surface area contributed by atoms with Gasteiger partial charge in [-0.2, -0.15) is 0 Å². The first-order valence-electron chi connectivity index (χ1n) is 7.17. The van der Waals surface area contributed by atoms with Gasteiger partial charge in [0.15, 0.2) is 0 Å². The molecule has 3 N–H and O–H groups in total. The third kappa shape index (κ3) is 2.36. The molecule has 19 heavy (non-hydrogen) atoms. The van der Waals surface area contributed by atoms with Crippen LogP contribution >= 0.6 is 0 Å². The van der Waals surface area contributed by atoms with Gasteiger partial charge in [-0.25, -0.2) is 0 Å². The summed E-state index contributed by atoms with van der Waals surface area (Å²) in [6.45, 7) is 3.81. The Morgan fingerprint density at radius 1 is 1.42 bits per heavy atom. The Morgan fingerprint density at radius 2 is 2.32 bits per heavy atom. The molecule has 0 spiro atoms. The largest absolute Gasteiger partial charge is 0.493 e. The van der Waals surface area contributed by atoms with Crippen LogP contribution in [0.5, 0.6) is 5.75 Å². The summed E-state index contributed by atoms with van der Waals surface area (Å²) in [6, 6.07) is 6.59. The third-order valence-electron chi connectivity index (χ3n) is 4.34. The van der Waals surface area contributed by atoms with Crippen molar-refractivity contribution >= 4 is 0 Å².